The Bertz CT molecular complexity index is 1480. The summed E-state index contributed by atoms with van der Waals surface area (Å²) in [7, 11) is 0. The van der Waals surface area contributed by atoms with Crippen molar-refractivity contribution in [3.63, 3.8) is 0 Å². The van der Waals surface area contributed by atoms with Crippen molar-refractivity contribution in [3.8, 4) is 11.5 Å². The summed E-state index contributed by atoms with van der Waals surface area (Å²) in [4.78, 5) is 49.7. The highest BCUT2D eigenvalue weighted by Crippen LogP contribution is 2.37. The average Bonchev–Trinajstić information content (AvgIpc) is 3.43. The predicted octanol–water partition coefficient (Wildman–Crippen LogP) is 4.73. The number of aliphatic carboxylic acids is 1. The molecule has 12 nitrogen and oxygen atoms in total. The number of benzene rings is 2. The number of carboxylic acids is 1. The number of para-hydroxylation sites is 1. The fourth-order valence-corrected chi connectivity index (χ4v) is 4.89. The number of carbonyl (C=O) groups is 3. The molecule has 1 aliphatic carbocycles. The first-order valence-electron chi connectivity index (χ1n) is 13.4. The second kappa shape index (κ2) is 13.5. The molecule has 0 atom stereocenters. The summed E-state index contributed by atoms with van der Waals surface area (Å²) in [6, 6.07) is 12.3. The molecule has 1 aromatic heterocycles. The minimum atomic E-state index is -5.11. The number of alkyl halides is 3. The van der Waals surface area contributed by atoms with Crippen LogP contribution in [0.2, 0.25) is 0 Å². The lowest BCUT2D eigenvalue weighted by molar-refractivity contribution is -0.384. The van der Waals surface area contributed by atoms with Crippen LogP contribution >= 0.6 is 0 Å². The number of hydrogen-bond acceptors (Lipinski definition) is 8. The van der Waals surface area contributed by atoms with E-state index in [0.717, 1.165) is 43.4 Å². The van der Waals surface area contributed by atoms with Gasteiger partial charge in [0, 0.05) is 30.8 Å². The van der Waals surface area contributed by atoms with E-state index < -0.39 is 51.9 Å². The van der Waals surface area contributed by atoms with Gasteiger partial charge >= 0.3 is 12.1 Å². The summed E-state index contributed by atoms with van der Waals surface area (Å²) in [6.45, 7) is -0.378. The number of nitrogens with zero attached hydrogens (tertiary/aromatic N) is 2. The highest BCUT2D eigenvalue weighted by molar-refractivity contribution is 5.95. The van der Waals surface area contributed by atoms with Gasteiger partial charge in [-0.05, 0) is 55.4 Å². The molecule has 0 spiro atoms. The smallest absolute Gasteiger partial charge is 0.452 e. The second-order valence-corrected chi connectivity index (χ2v) is 9.97. The van der Waals surface area contributed by atoms with Crippen LogP contribution in [0.25, 0.3) is 11.5 Å². The summed E-state index contributed by atoms with van der Waals surface area (Å²) in [6.07, 6.45) is -1.86. The SMILES string of the molecule is O=C(O)CNC1CCC(c2ccc(NC(=O)CCNC(=O)c3nc(-c4ccccc4[N+](=O)[O-])oc3C(F)(F)F)cc2)CC1. The summed E-state index contributed by atoms with van der Waals surface area (Å²) in [5.74, 6) is -4.78. The van der Waals surface area contributed by atoms with E-state index in [2.05, 4.69) is 20.9 Å². The molecule has 1 saturated carbocycles. The van der Waals surface area contributed by atoms with Gasteiger partial charge in [-0.15, -0.1) is 0 Å². The van der Waals surface area contributed by atoms with Crippen molar-refractivity contribution in [3.05, 3.63) is 75.7 Å². The number of oxazole rings is 1. The Morgan fingerprint density at radius 1 is 1.05 bits per heavy atom. The molecular formula is C28H28F3N5O7. The van der Waals surface area contributed by atoms with Crippen LogP contribution in [0.15, 0.2) is 52.9 Å². The minimum absolute atomic E-state index is 0.0653. The second-order valence-electron chi connectivity index (χ2n) is 9.97. The number of aromatic nitrogens is 1. The molecule has 2 aromatic carbocycles. The van der Waals surface area contributed by atoms with E-state index in [1.165, 1.54) is 12.1 Å². The standard InChI is InChI=1S/C28H28F3N5O7/c29-28(30,31)25-24(35-27(43-25)20-3-1-2-4-21(20)36(41)42)26(40)32-14-13-22(37)34-19-11-7-17(8-12-19)16-5-9-18(10-6-16)33-15-23(38)39/h1-4,7-8,11-12,16,18,33H,5-6,9-10,13-15H2,(H,32,40)(H,34,37)(H,38,39). The van der Waals surface area contributed by atoms with Crippen LogP contribution in [-0.2, 0) is 15.8 Å². The zero-order valence-electron chi connectivity index (χ0n) is 22.6. The highest BCUT2D eigenvalue weighted by Gasteiger charge is 2.42. The zero-order valence-corrected chi connectivity index (χ0v) is 22.6. The number of hydrogen-bond donors (Lipinski definition) is 4. The van der Waals surface area contributed by atoms with Crippen molar-refractivity contribution in [2.75, 3.05) is 18.4 Å². The molecule has 1 fully saturated rings. The van der Waals surface area contributed by atoms with Crippen LogP contribution < -0.4 is 16.0 Å². The normalized spacial score (nSPS) is 16.8. The molecule has 4 rings (SSSR count). The molecule has 15 heteroatoms. The molecule has 0 aliphatic heterocycles. The number of nitro benzene ring substituents is 1. The fourth-order valence-electron chi connectivity index (χ4n) is 4.89. The van der Waals surface area contributed by atoms with Gasteiger partial charge in [-0.25, -0.2) is 4.98 Å². The Morgan fingerprint density at radius 2 is 1.72 bits per heavy atom. The van der Waals surface area contributed by atoms with Crippen molar-refractivity contribution in [2.24, 2.45) is 0 Å². The molecule has 0 unspecified atom stereocenters. The van der Waals surface area contributed by atoms with Crippen LogP contribution in [0.3, 0.4) is 0 Å². The van der Waals surface area contributed by atoms with Gasteiger partial charge in [0.15, 0.2) is 5.69 Å². The highest BCUT2D eigenvalue weighted by atomic mass is 19.4. The number of anilines is 1. The number of carbonyl (C=O) groups excluding carboxylic acids is 2. The summed E-state index contributed by atoms with van der Waals surface area (Å²) < 4.78 is 45.5. The summed E-state index contributed by atoms with van der Waals surface area (Å²) in [5.41, 5.74) is -0.393. The molecule has 228 valence electrons. The maximum Gasteiger partial charge on any atom is 0.452 e. The van der Waals surface area contributed by atoms with Crippen molar-refractivity contribution >= 4 is 29.2 Å². The van der Waals surface area contributed by atoms with E-state index in [-0.39, 0.29) is 31.1 Å². The molecule has 2 amide bonds. The maximum absolute atomic E-state index is 13.6. The van der Waals surface area contributed by atoms with Gasteiger partial charge in [0.25, 0.3) is 11.6 Å². The Balaban J connectivity index is 1.30. The number of halogens is 3. The van der Waals surface area contributed by atoms with Crippen LogP contribution in [0.4, 0.5) is 24.5 Å². The minimum Gasteiger partial charge on any atom is -0.480 e. The molecule has 0 radical (unpaired) electrons. The van der Waals surface area contributed by atoms with Gasteiger partial charge in [0.05, 0.1) is 11.5 Å². The third-order valence-corrected chi connectivity index (χ3v) is 7.00. The fraction of sp³-hybridized carbons (Fsp3) is 0.357. The van der Waals surface area contributed by atoms with Crippen LogP contribution in [0, 0.1) is 10.1 Å². The van der Waals surface area contributed by atoms with E-state index in [1.807, 2.05) is 12.1 Å². The quantitative estimate of drug-likeness (QED) is 0.178. The first-order chi connectivity index (χ1) is 20.4. The molecule has 0 bridgehead atoms. The first-order valence-corrected chi connectivity index (χ1v) is 13.4. The topological polar surface area (TPSA) is 177 Å². The first kappa shape index (κ1) is 31.2. The lowest BCUT2D eigenvalue weighted by Crippen LogP contribution is -2.36. The van der Waals surface area contributed by atoms with Gasteiger partial charge in [-0.1, -0.05) is 24.3 Å². The Labute approximate surface area is 242 Å². The molecule has 1 heterocycles. The van der Waals surface area contributed by atoms with Crippen LogP contribution in [-0.4, -0.2) is 51.9 Å². The number of carboxylic acid groups (broad SMARTS) is 1. The molecule has 0 saturated heterocycles. The molecule has 4 N–H and O–H groups in total. The maximum atomic E-state index is 13.6. The number of nitrogens with one attached hydrogen (secondary N) is 3. The van der Waals surface area contributed by atoms with Gasteiger partial charge in [0.2, 0.25) is 17.6 Å². The van der Waals surface area contributed by atoms with E-state index in [1.54, 1.807) is 12.1 Å². The van der Waals surface area contributed by atoms with Crippen molar-refractivity contribution < 1.29 is 42.0 Å². The lowest BCUT2D eigenvalue weighted by Gasteiger charge is -2.29. The zero-order chi connectivity index (χ0) is 31.1. The number of rotatable bonds is 11. The van der Waals surface area contributed by atoms with E-state index in [9.17, 15) is 37.7 Å². The van der Waals surface area contributed by atoms with Gasteiger partial charge < -0.3 is 25.5 Å². The monoisotopic (exact) mass is 603 g/mol. The summed E-state index contributed by atoms with van der Waals surface area (Å²) >= 11 is 0. The van der Waals surface area contributed by atoms with E-state index >= 15 is 0 Å². The molecular weight excluding hydrogens is 575 g/mol. The Morgan fingerprint density at radius 3 is 2.35 bits per heavy atom. The van der Waals surface area contributed by atoms with Crippen molar-refractivity contribution in [1.29, 1.82) is 0 Å². The molecule has 43 heavy (non-hydrogen) atoms. The number of amides is 2. The summed E-state index contributed by atoms with van der Waals surface area (Å²) in [5, 5.41) is 28.0. The van der Waals surface area contributed by atoms with Crippen molar-refractivity contribution in [1.82, 2.24) is 15.6 Å². The Hall–Kier alpha value is -4.79. The third kappa shape index (κ3) is 8.16. The van der Waals surface area contributed by atoms with Gasteiger partial charge in [-0.3, -0.25) is 24.5 Å². The van der Waals surface area contributed by atoms with E-state index in [4.69, 9.17) is 9.52 Å². The van der Waals surface area contributed by atoms with E-state index in [0.29, 0.717) is 11.6 Å². The number of nitro groups is 1. The van der Waals surface area contributed by atoms with Gasteiger partial charge in [-0.2, -0.15) is 13.2 Å². The third-order valence-electron chi connectivity index (χ3n) is 7.00. The van der Waals surface area contributed by atoms with Gasteiger partial charge in [0.1, 0.15) is 5.56 Å². The van der Waals surface area contributed by atoms with Crippen molar-refractivity contribution in [2.45, 2.75) is 50.2 Å². The average molecular weight is 604 g/mol. The lowest BCUT2D eigenvalue weighted by atomic mass is 9.81. The predicted molar refractivity (Wildman–Crippen MR) is 146 cm³/mol. The molecule has 3 aromatic rings. The molecule has 1 aliphatic rings. The Kier molecular flexibility index (Phi) is 9.75. The van der Waals surface area contributed by atoms with Crippen LogP contribution in [0.5, 0.6) is 0 Å². The largest absolute Gasteiger partial charge is 0.480 e. The van der Waals surface area contributed by atoms with Crippen LogP contribution in [0.1, 0.15) is 59.8 Å².